The first-order valence-corrected chi connectivity index (χ1v) is 7.97. The van der Waals surface area contributed by atoms with Crippen molar-refractivity contribution in [3.63, 3.8) is 0 Å². The number of carbonyl (C=O) groups is 2. The summed E-state index contributed by atoms with van der Waals surface area (Å²) in [5.74, 6) is -0.590. The van der Waals surface area contributed by atoms with Crippen molar-refractivity contribution in [1.82, 2.24) is 10.6 Å². The van der Waals surface area contributed by atoms with Gasteiger partial charge in [0.25, 0.3) is 0 Å². The number of hydrogen-bond donors (Lipinski definition) is 3. The minimum Gasteiger partial charge on any atom is -0.354 e. The second-order valence-corrected chi connectivity index (χ2v) is 5.69. The van der Waals surface area contributed by atoms with Crippen LogP contribution in [-0.2, 0) is 16.0 Å². The average Bonchev–Trinajstić information content (AvgIpc) is 2.60. The summed E-state index contributed by atoms with van der Waals surface area (Å²) in [7, 11) is 0. The van der Waals surface area contributed by atoms with Crippen LogP contribution in [-0.4, -0.2) is 24.9 Å². The maximum absolute atomic E-state index is 12.0. The quantitative estimate of drug-likeness (QED) is 0.704. The molecule has 0 bridgehead atoms. The Morgan fingerprint density at radius 1 is 1.00 bits per heavy atom. The highest BCUT2D eigenvalue weighted by Crippen LogP contribution is 2.11. The van der Waals surface area contributed by atoms with Crippen LogP contribution in [0.5, 0.6) is 0 Å². The van der Waals surface area contributed by atoms with Crippen molar-refractivity contribution in [3.05, 3.63) is 71.3 Å². The Morgan fingerprint density at radius 2 is 1.64 bits per heavy atom. The van der Waals surface area contributed by atoms with Crippen molar-refractivity contribution in [2.45, 2.75) is 19.4 Å². The molecule has 0 saturated heterocycles. The van der Waals surface area contributed by atoms with Crippen molar-refractivity contribution in [3.8, 4) is 0 Å². The van der Waals surface area contributed by atoms with Crippen LogP contribution < -0.4 is 16.4 Å². The van der Waals surface area contributed by atoms with Crippen LogP contribution in [0.15, 0.2) is 54.6 Å². The lowest BCUT2D eigenvalue weighted by Crippen LogP contribution is -2.41. The van der Waals surface area contributed by atoms with Gasteiger partial charge in [-0.3, -0.25) is 9.59 Å². The largest absolute Gasteiger partial charge is 0.354 e. The molecule has 134 valence electrons. The van der Waals surface area contributed by atoms with E-state index < -0.39 is 6.04 Å². The van der Waals surface area contributed by atoms with Crippen LogP contribution >= 0.6 is 12.4 Å². The standard InChI is InChI=1S/C19H23N3O2.ClH/c1-14-7-9-16(10-8-14)18(20)19(24)22-13-17(23)21-12-11-15-5-3-2-4-6-15;/h2-10,18H,11-13,20H2,1H3,(H,21,23)(H,22,24);1H. The fourth-order valence-corrected chi connectivity index (χ4v) is 2.26. The Morgan fingerprint density at radius 3 is 2.28 bits per heavy atom. The molecule has 1 unspecified atom stereocenters. The summed E-state index contributed by atoms with van der Waals surface area (Å²) >= 11 is 0. The van der Waals surface area contributed by atoms with Crippen LogP contribution in [0.2, 0.25) is 0 Å². The van der Waals surface area contributed by atoms with E-state index in [1.165, 1.54) is 0 Å². The van der Waals surface area contributed by atoms with Crippen molar-refractivity contribution < 1.29 is 9.59 Å². The van der Waals surface area contributed by atoms with Crippen molar-refractivity contribution in [1.29, 1.82) is 0 Å². The zero-order valence-electron chi connectivity index (χ0n) is 14.2. The highest BCUT2D eigenvalue weighted by Gasteiger charge is 2.16. The van der Waals surface area contributed by atoms with Crippen molar-refractivity contribution in [2.75, 3.05) is 13.1 Å². The molecule has 0 radical (unpaired) electrons. The van der Waals surface area contributed by atoms with E-state index >= 15 is 0 Å². The number of amides is 2. The third kappa shape index (κ3) is 6.95. The molecular weight excluding hydrogens is 338 g/mol. The minimum atomic E-state index is -0.775. The topological polar surface area (TPSA) is 84.2 Å². The van der Waals surface area contributed by atoms with E-state index in [1.807, 2.05) is 61.5 Å². The van der Waals surface area contributed by atoms with E-state index in [9.17, 15) is 9.59 Å². The fraction of sp³-hybridized carbons (Fsp3) is 0.263. The summed E-state index contributed by atoms with van der Waals surface area (Å²) < 4.78 is 0. The van der Waals surface area contributed by atoms with Gasteiger partial charge in [-0.05, 0) is 24.5 Å². The van der Waals surface area contributed by atoms with E-state index in [2.05, 4.69) is 10.6 Å². The van der Waals surface area contributed by atoms with Gasteiger partial charge in [-0.25, -0.2) is 0 Å². The molecule has 5 nitrogen and oxygen atoms in total. The van der Waals surface area contributed by atoms with E-state index in [0.717, 1.165) is 23.1 Å². The number of rotatable bonds is 7. The molecule has 2 rings (SSSR count). The first-order valence-electron chi connectivity index (χ1n) is 7.97. The van der Waals surface area contributed by atoms with Gasteiger partial charge in [-0.2, -0.15) is 0 Å². The van der Waals surface area contributed by atoms with E-state index in [4.69, 9.17) is 5.73 Å². The Hall–Kier alpha value is -2.37. The van der Waals surface area contributed by atoms with Gasteiger partial charge < -0.3 is 16.4 Å². The normalized spacial score (nSPS) is 11.1. The van der Waals surface area contributed by atoms with E-state index in [-0.39, 0.29) is 30.8 Å². The SMILES string of the molecule is Cc1ccc(C(N)C(=O)NCC(=O)NCCc2ccccc2)cc1.Cl. The summed E-state index contributed by atoms with van der Waals surface area (Å²) in [6, 6.07) is 16.6. The van der Waals surface area contributed by atoms with Crippen LogP contribution in [0, 0.1) is 6.92 Å². The number of nitrogens with two attached hydrogens (primary N) is 1. The second-order valence-electron chi connectivity index (χ2n) is 5.69. The molecule has 0 fully saturated rings. The molecule has 0 heterocycles. The molecule has 0 aliphatic carbocycles. The van der Waals surface area contributed by atoms with Gasteiger partial charge in [-0.1, -0.05) is 60.2 Å². The summed E-state index contributed by atoms with van der Waals surface area (Å²) in [6.07, 6.45) is 0.753. The number of carbonyl (C=O) groups excluding carboxylic acids is 2. The van der Waals surface area contributed by atoms with Crippen LogP contribution in [0.3, 0.4) is 0 Å². The van der Waals surface area contributed by atoms with Crippen LogP contribution in [0.4, 0.5) is 0 Å². The molecule has 2 aromatic carbocycles. The smallest absolute Gasteiger partial charge is 0.241 e. The number of nitrogens with one attached hydrogen (secondary N) is 2. The monoisotopic (exact) mass is 361 g/mol. The predicted molar refractivity (Wildman–Crippen MR) is 102 cm³/mol. The summed E-state index contributed by atoms with van der Waals surface area (Å²) in [4.78, 5) is 23.8. The molecule has 2 aromatic rings. The van der Waals surface area contributed by atoms with Crippen molar-refractivity contribution >= 4 is 24.2 Å². The van der Waals surface area contributed by atoms with Crippen LogP contribution in [0.25, 0.3) is 0 Å². The molecular formula is C19H24ClN3O2. The van der Waals surface area contributed by atoms with Gasteiger partial charge in [0, 0.05) is 6.54 Å². The molecule has 0 saturated carbocycles. The first kappa shape index (κ1) is 20.7. The summed E-state index contributed by atoms with van der Waals surface area (Å²) in [5.41, 5.74) is 8.89. The predicted octanol–water partition coefficient (Wildman–Crippen LogP) is 1.89. The van der Waals surface area contributed by atoms with Gasteiger partial charge in [0.1, 0.15) is 6.04 Å². The van der Waals surface area contributed by atoms with Gasteiger partial charge in [0.2, 0.25) is 11.8 Å². The summed E-state index contributed by atoms with van der Waals surface area (Å²) in [6.45, 7) is 2.42. The highest BCUT2D eigenvalue weighted by molar-refractivity contribution is 5.88. The first-order chi connectivity index (χ1) is 11.6. The minimum absolute atomic E-state index is 0. The van der Waals surface area contributed by atoms with Gasteiger partial charge in [0.15, 0.2) is 0 Å². The number of benzene rings is 2. The zero-order valence-corrected chi connectivity index (χ0v) is 15.0. The van der Waals surface area contributed by atoms with E-state index in [0.29, 0.717) is 6.54 Å². The van der Waals surface area contributed by atoms with Crippen LogP contribution in [0.1, 0.15) is 22.7 Å². The van der Waals surface area contributed by atoms with Gasteiger partial charge >= 0.3 is 0 Å². The Balaban J connectivity index is 0.00000312. The number of aryl methyl sites for hydroxylation is 1. The Labute approximate surface area is 154 Å². The second kappa shape index (κ2) is 10.5. The average molecular weight is 362 g/mol. The fourth-order valence-electron chi connectivity index (χ4n) is 2.26. The molecule has 25 heavy (non-hydrogen) atoms. The highest BCUT2D eigenvalue weighted by atomic mass is 35.5. The molecule has 0 aliphatic heterocycles. The number of halogens is 1. The van der Waals surface area contributed by atoms with Crippen molar-refractivity contribution in [2.24, 2.45) is 5.73 Å². The maximum atomic E-state index is 12.0. The summed E-state index contributed by atoms with van der Waals surface area (Å²) in [5, 5.41) is 5.35. The molecule has 1 atom stereocenters. The molecule has 2 amide bonds. The van der Waals surface area contributed by atoms with Gasteiger partial charge in [0.05, 0.1) is 6.54 Å². The number of hydrogen-bond acceptors (Lipinski definition) is 3. The third-order valence-electron chi connectivity index (χ3n) is 3.72. The molecule has 0 spiro atoms. The van der Waals surface area contributed by atoms with E-state index in [1.54, 1.807) is 0 Å². The third-order valence-corrected chi connectivity index (χ3v) is 3.72. The molecule has 0 aromatic heterocycles. The molecule has 6 heteroatoms. The lowest BCUT2D eigenvalue weighted by Gasteiger charge is -2.13. The molecule has 4 N–H and O–H groups in total. The Bertz CT molecular complexity index is 675. The zero-order chi connectivity index (χ0) is 17.4. The lowest BCUT2D eigenvalue weighted by atomic mass is 10.1. The van der Waals surface area contributed by atoms with Gasteiger partial charge in [-0.15, -0.1) is 12.4 Å². The lowest BCUT2D eigenvalue weighted by molar-refractivity contribution is -0.126. The Kier molecular flexibility index (Phi) is 8.67. The maximum Gasteiger partial charge on any atom is 0.241 e. The molecule has 0 aliphatic rings.